The van der Waals surface area contributed by atoms with E-state index in [9.17, 15) is 15.2 Å². The highest BCUT2D eigenvalue weighted by Gasteiger charge is 2.37. The smallest absolute Gasteiger partial charge is 0.264 e. The molecule has 0 bridgehead atoms. The van der Waals surface area contributed by atoms with Crippen LogP contribution in [0.3, 0.4) is 0 Å². The van der Waals surface area contributed by atoms with Crippen LogP contribution >= 0.6 is 0 Å². The van der Waals surface area contributed by atoms with Crippen LogP contribution in [-0.2, 0) is 4.79 Å². The molecule has 0 saturated carbocycles. The monoisotopic (exact) mass is 596 g/mol. The second-order valence-corrected chi connectivity index (χ2v) is 11.7. The molecule has 2 aliphatic heterocycles. The number of benzene rings is 2. The van der Waals surface area contributed by atoms with Crippen LogP contribution in [0.25, 0.3) is 22.3 Å². The average Bonchev–Trinajstić information content (AvgIpc) is 3.39. The number of para-hydroxylation sites is 1. The molecule has 2 aromatic heterocycles. The Kier molecular flexibility index (Phi) is 7.75. The van der Waals surface area contributed by atoms with Gasteiger partial charge in [0.05, 0.1) is 17.5 Å². The van der Waals surface area contributed by atoms with Gasteiger partial charge in [0.25, 0.3) is 5.91 Å². The predicted octanol–water partition coefficient (Wildman–Crippen LogP) is 4.08. The Balaban J connectivity index is 1.29. The molecule has 1 atom stereocenters. The number of β-amino-alcohol motifs (C(OH)–C–C–N with tert-alkyl or cyclic N) is 1. The van der Waals surface area contributed by atoms with Gasteiger partial charge in [-0.2, -0.15) is 10.4 Å². The third-order valence-corrected chi connectivity index (χ3v) is 8.25. The number of hydrogen-bond acceptors (Lipinski definition) is 9. The molecular weight excluding hydrogens is 563 g/mol. The Hall–Kier alpha value is -4.86. The molecule has 2 aromatic carbocycles. The highest BCUT2D eigenvalue weighted by Crippen LogP contribution is 2.36. The number of aliphatic hydroxyl groups excluding tert-OH is 1. The number of aliphatic hydroxyl groups is 1. The van der Waals surface area contributed by atoms with Crippen LogP contribution in [0.4, 0.5) is 10.2 Å². The maximum absolute atomic E-state index is 15.6. The van der Waals surface area contributed by atoms with Gasteiger partial charge in [-0.15, -0.1) is 0 Å². The number of nitrogens with zero attached hydrogens (tertiary/aromatic N) is 7. The van der Waals surface area contributed by atoms with Crippen LogP contribution < -0.4 is 10.5 Å². The topological polar surface area (TPSA) is 146 Å². The summed E-state index contributed by atoms with van der Waals surface area (Å²) < 4.78 is 23.1. The number of nitriles is 1. The Morgan fingerprint density at radius 3 is 2.64 bits per heavy atom. The third kappa shape index (κ3) is 5.59. The molecule has 3 N–H and O–H groups in total. The number of halogens is 1. The van der Waals surface area contributed by atoms with E-state index in [1.54, 1.807) is 39.9 Å². The number of fused-ring (bicyclic) bond motifs is 1. The molecule has 0 unspecified atom stereocenters. The van der Waals surface area contributed by atoms with E-state index in [0.29, 0.717) is 60.7 Å². The van der Waals surface area contributed by atoms with E-state index in [-0.39, 0.29) is 35.4 Å². The van der Waals surface area contributed by atoms with E-state index in [4.69, 9.17) is 15.6 Å². The van der Waals surface area contributed by atoms with Crippen molar-refractivity contribution in [1.29, 1.82) is 5.26 Å². The molecule has 0 aliphatic carbocycles. The van der Waals surface area contributed by atoms with Gasteiger partial charge in [-0.3, -0.25) is 9.69 Å². The molecule has 4 heterocycles. The zero-order chi connectivity index (χ0) is 31.0. The van der Waals surface area contributed by atoms with Crippen molar-refractivity contribution in [2.75, 3.05) is 31.9 Å². The molecule has 44 heavy (non-hydrogen) atoms. The molecule has 0 spiro atoms. The van der Waals surface area contributed by atoms with Crippen LogP contribution in [0, 0.1) is 17.1 Å². The molecule has 11 nitrogen and oxygen atoms in total. The summed E-state index contributed by atoms with van der Waals surface area (Å²) in [6.45, 7) is 5.59. The van der Waals surface area contributed by atoms with Gasteiger partial charge < -0.3 is 20.5 Å². The predicted molar refractivity (Wildman–Crippen MR) is 162 cm³/mol. The van der Waals surface area contributed by atoms with E-state index in [0.717, 1.165) is 0 Å². The largest absolute Gasteiger partial charge is 0.457 e. The first-order valence-corrected chi connectivity index (χ1v) is 14.5. The van der Waals surface area contributed by atoms with E-state index in [1.807, 2.05) is 36.9 Å². The van der Waals surface area contributed by atoms with Gasteiger partial charge in [0.2, 0.25) is 0 Å². The minimum Gasteiger partial charge on any atom is -0.457 e. The Labute approximate surface area is 254 Å². The first-order chi connectivity index (χ1) is 21.1. The first kappa shape index (κ1) is 29.2. The maximum Gasteiger partial charge on any atom is 0.264 e. The number of nitrogen functional groups attached to an aromatic ring is 1. The van der Waals surface area contributed by atoms with Crippen LogP contribution in [0.15, 0.2) is 66.5 Å². The standard InChI is InChI=1S/C32H33FN8O3/c1-32(2,40-17-22(42)18-40)14-20(15-34)31(43)39-12-6-7-21(16-39)41-30-27(29(35)36-19-37-30)28(38-41)25-11-10-24(13-26(25)33)44-23-8-4-3-5-9-23/h3-5,8-11,13-14,19,21-22,42H,6-7,12,16-18H2,1-2H3,(H2,35,36,37)/b20-14-/t21-/m1/s1. The number of likely N-dealkylation sites (tertiary alicyclic amines) is 2. The molecule has 1 amide bonds. The molecule has 0 radical (unpaired) electrons. The summed E-state index contributed by atoms with van der Waals surface area (Å²) >= 11 is 0. The van der Waals surface area contributed by atoms with Gasteiger partial charge in [0.15, 0.2) is 5.65 Å². The van der Waals surface area contributed by atoms with Crippen LogP contribution in [0.1, 0.15) is 32.7 Å². The normalized spacial score (nSPS) is 18.2. The average molecular weight is 597 g/mol. The van der Waals surface area contributed by atoms with E-state index >= 15 is 4.39 Å². The molecule has 4 aromatic rings. The summed E-state index contributed by atoms with van der Waals surface area (Å²) in [6, 6.07) is 15.4. The van der Waals surface area contributed by atoms with Crippen molar-refractivity contribution in [2.45, 2.75) is 44.4 Å². The number of ether oxygens (including phenoxy) is 1. The van der Waals surface area contributed by atoms with Crippen molar-refractivity contribution in [3.05, 3.63) is 72.3 Å². The van der Waals surface area contributed by atoms with Crippen molar-refractivity contribution in [3.8, 4) is 28.8 Å². The molecule has 12 heteroatoms. The Morgan fingerprint density at radius 1 is 1.16 bits per heavy atom. The lowest BCUT2D eigenvalue weighted by molar-refractivity contribution is -0.128. The molecule has 2 saturated heterocycles. The Morgan fingerprint density at radius 2 is 1.93 bits per heavy atom. The third-order valence-electron chi connectivity index (χ3n) is 8.25. The van der Waals surface area contributed by atoms with Crippen molar-refractivity contribution >= 4 is 22.8 Å². The van der Waals surface area contributed by atoms with Gasteiger partial charge in [-0.1, -0.05) is 18.2 Å². The fourth-order valence-electron chi connectivity index (χ4n) is 5.84. The fourth-order valence-corrected chi connectivity index (χ4v) is 5.84. The second kappa shape index (κ2) is 11.7. The van der Waals surface area contributed by atoms with Crippen molar-refractivity contribution in [1.82, 2.24) is 29.5 Å². The van der Waals surface area contributed by atoms with E-state index in [2.05, 4.69) is 16.0 Å². The van der Waals surface area contributed by atoms with Crippen LogP contribution in [0.2, 0.25) is 0 Å². The number of piperidine rings is 1. The van der Waals surface area contributed by atoms with Crippen molar-refractivity contribution < 1.29 is 19.0 Å². The van der Waals surface area contributed by atoms with Gasteiger partial charge in [-0.05, 0) is 57.0 Å². The van der Waals surface area contributed by atoms with E-state index < -0.39 is 17.5 Å². The fraction of sp³-hybridized carbons (Fsp3) is 0.344. The molecular formula is C32H33FN8O3. The number of carbonyl (C=O) groups is 1. The SMILES string of the molecule is CC(C)(/C=C(/C#N)C(=O)N1CCC[C@@H](n2nc(-c3ccc(Oc4ccccc4)cc3F)c3c(N)ncnc32)C1)N1CC(O)C1. The van der Waals surface area contributed by atoms with Crippen LogP contribution in [-0.4, -0.2) is 78.4 Å². The summed E-state index contributed by atoms with van der Waals surface area (Å²) in [5, 5.41) is 24.8. The summed E-state index contributed by atoms with van der Waals surface area (Å²) in [4.78, 5) is 25.8. The van der Waals surface area contributed by atoms with E-state index in [1.165, 1.54) is 12.4 Å². The van der Waals surface area contributed by atoms with Gasteiger partial charge in [0.1, 0.15) is 46.8 Å². The second-order valence-electron chi connectivity index (χ2n) is 11.7. The molecule has 6 rings (SSSR count). The lowest BCUT2D eigenvalue weighted by Crippen LogP contribution is -2.59. The zero-order valence-electron chi connectivity index (χ0n) is 24.5. The highest BCUT2D eigenvalue weighted by molar-refractivity contribution is 5.99. The quantitative estimate of drug-likeness (QED) is 0.238. The zero-order valence-corrected chi connectivity index (χ0v) is 24.5. The lowest BCUT2D eigenvalue weighted by atomic mass is 9.93. The Bertz CT molecular complexity index is 1780. The first-order valence-electron chi connectivity index (χ1n) is 14.5. The minimum atomic E-state index is -0.567. The highest BCUT2D eigenvalue weighted by atomic mass is 19.1. The molecule has 2 aliphatic rings. The lowest BCUT2D eigenvalue weighted by Gasteiger charge is -2.46. The number of amides is 1. The molecule has 2 fully saturated rings. The summed E-state index contributed by atoms with van der Waals surface area (Å²) in [7, 11) is 0. The van der Waals surface area contributed by atoms with Crippen molar-refractivity contribution in [2.24, 2.45) is 0 Å². The summed E-state index contributed by atoms with van der Waals surface area (Å²) in [5.74, 6) is 0.173. The van der Waals surface area contributed by atoms with Crippen LogP contribution in [0.5, 0.6) is 11.5 Å². The van der Waals surface area contributed by atoms with Gasteiger partial charge in [-0.25, -0.2) is 19.0 Å². The maximum atomic E-state index is 15.6. The number of carbonyl (C=O) groups excluding carboxylic acids is 1. The number of aromatic nitrogens is 4. The number of anilines is 1. The van der Waals surface area contributed by atoms with Crippen molar-refractivity contribution in [3.63, 3.8) is 0 Å². The number of rotatable bonds is 7. The van der Waals surface area contributed by atoms with Gasteiger partial charge in [0, 0.05) is 43.3 Å². The molecule has 226 valence electrons. The summed E-state index contributed by atoms with van der Waals surface area (Å²) in [6.07, 6.45) is 3.98. The number of nitrogens with two attached hydrogens (primary N) is 1. The van der Waals surface area contributed by atoms with Gasteiger partial charge >= 0.3 is 0 Å². The summed E-state index contributed by atoms with van der Waals surface area (Å²) in [5.41, 5.74) is 6.71. The number of hydrogen-bond donors (Lipinski definition) is 2. The minimum absolute atomic E-state index is 0.0505.